The van der Waals surface area contributed by atoms with Crippen LogP contribution in [0.2, 0.25) is 5.02 Å². The fourth-order valence-electron chi connectivity index (χ4n) is 2.15. The molecular weight excluding hydrogens is 278 g/mol. The average molecular weight is 292 g/mol. The van der Waals surface area contributed by atoms with Gasteiger partial charge in [-0.2, -0.15) is 5.10 Å². The summed E-state index contributed by atoms with van der Waals surface area (Å²) in [6.07, 6.45) is 1.51. The van der Waals surface area contributed by atoms with Crippen LogP contribution in [0.3, 0.4) is 0 Å². The summed E-state index contributed by atoms with van der Waals surface area (Å²) < 4.78 is 1.81. The molecule has 2 heterocycles. The Morgan fingerprint density at radius 2 is 2.25 bits per heavy atom. The van der Waals surface area contributed by atoms with Crippen LogP contribution in [0.15, 0.2) is 24.5 Å². The van der Waals surface area contributed by atoms with E-state index in [-0.39, 0.29) is 6.03 Å². The number of nitrogens with one attached hydrogen (secondary N) is 1. The van der Waals surface area contributed by atoms with Crippen LogP contribution in [0.25, 0.3) is 0 Å². The molecular formula is C13H14ClN5O. The Bertz CT molecular complexity index is 654. The molecule has 2 amide bonds. The third kappa shape index (κ3) is 2.46. The lowest BCUT2D eigenvalue weighted by atomic mass is 10.2. The van der Waals surface area contributed by atoms with Crippen LogP contribution in [0.4, 0.5) is 10.5 Å². The number of hydrogen-bond acceptors (Lipinski definition) is 3. The minimum Gasteiger partial charge on any atom is -0.315 e. The minimum atomic E-state index is -0.176. The number of anilines is 1. The first-order chi connectivity index (χ1) is 9.63. The van der Waals surface area contributed by atoms with Crippen molar-refractivity contribution in [3.8, 4) is 0 Å². The smallest absolute Gasteiger partial charge is 0.315 e. The SMILES string of the molecule is Cc1ccc(NC(=O)N2CCn3ncnc3C2)c(Cl)c1. The van der Waals surface area contributed by atoms with E-state index in [1.165, 1.54) is 6.33 Å². The third-order valence-corrected chi connectivity index (χ3v) is 3.58. The highest BCUT2D eigenvalue weighted by atomic mass is 35.5. The molecule has 0 saturated heterocycles. The molecule has 0 aliphatic carbocycles. The van der Waals surface area contributed by atoms with Crippen LogP contribution >= 0.6 is 11.6 Å². The maximum absolute atomic E-state index is 12.2. The average Bonchev–Trinajstić information content (AvgIpc) is 2.89. The van der Waals surface area contributed by atoms with E-state index in [1.807, 2.05) is 29.8 Å². The molecule has 0 bridgehead atoms. The molecule has 20 heavy (non-hydrogen) atoms. The summed E-state index contributed by atoms with van der Waals surface area (Å²) in [5, 5.41) is 7.45. The van der Waals surface area contributed by atoms with Gasteiger partial charge in [0.25, 0.3) is 0 Å². The van der Waals surface area contributed by atoms with E-state index in [0.29, 0.717) is 30.3 Å². The van der Waals surface area contributed by atoms with E-state index in [9.17, 15) is 4.79 Å². The van der Waals surface area contributed by atoms with Gasteiger partial charge in [-0.1, -0.05) is 17.7 Å². The highest BCUT2D eigenvalue weighted by molar-refractivity contribution is 6.33. The maximum atomic E-state index is 12.2. The highest BCUT2D eigenvalue weighted by Gasteiger charge is 2.22. The van der Waals surface area contributed by atoms with Crippen LogP contribution in [-0.4, -0.2) is 32.2 Å². The van der Waals surface area contributed by atoms with Crippen molar-refractivity contribution in [2.24, 2.45) is 0 Å². The van der Waals surface area contributed by atoms with Gasteiger partial charge in [0.1, 0.15) is 12.2 Å². The second kappa shape index (κ2) is 5.13. The number of nitrogens with zero attached hydrogens (tertiary/aromatic N) is 4. The first-order valence-electron chi connectivity index (χ1n) is 6.32. The van der Waals surface area contributed by atoms with Gasteiger partial charge in [0.2, 0.25) is 0 Å². The summed E-state index contributed by atoms with van der Waals surface area (Å²) in [6.45, 7) is 3.67. The predicted octanol–water partition coefficient (Wildman–Crippen LogP) is 2.29. The molecule has 0 atom stereocenters. The first-order valence-corrected chi connectivity index (χ1v) is 6.70. The van der Waals surface area contributed by atoms with Crippen molar-refractivity contribution in [3.63, 3.8) is 0 Å². The zero-order valence-corrected chi connectivity index (χ0v) is 11.8. The van der Waals surface area contributed by atoms with Gasteiger partial charge < -0.3 is 10.2 Å². The van der Waals surface area contributed by atoms with E-state index in [4.69, 9.17) is 11.6 Å². The standard InChI is InChI=1S/C13H14ClN5O/c1-9-2-3-11(10(14)6-9)17-13(20)18-4-5-19-12(7-18)15-8-16-19/h2-3,6,8H,4-5,7H2,1H3,(H,17,20). The number of carbonyl (C=O) groups excluding carboxylic acids is 1. The summed E-state index contributed by atoms with van der Waals surface area (Å²) in [4.78, 5) is 18.1. The van der Waals surface area contributed by atoms with Crippen molar-refractivity contribution in [1.82, 2.24) is 19.7 Å². The van der Waals surface area contributed by atoms with Crippen LogP contribution in [0.1, 0.15) is 11.4 Å². The summed E-state index contributed by atoms with van der Waals surface area (Å²) >= 11 is 6.12. The van der Waals surface area contributed by atoms with E-state index in [1.54, 1.807) is 4.90 Å². The summed E-state index contributed by atoms with van der Waals surface area (Å²) in [6, 6.07) is 5.37. The molecule has 0 radical (unpaired) electrons. The number of hydrogen-bond donors (Lipinski definition) is 1. The van der Waals surface area contributed by atoms with Crippen molar-refractivity contribution in [2.45, 2.75) is 20.0 Å². The number of carbonyl (C=O) groups is 1. The molecule has 0 spiro atoms. The highest BCUT2D eigenvalue weighted by Crippen LogP contribution is 2.23. The van der Waals surface area contributed by atoms with Crippen LogP contribution in [0.5, 0.6) is 0 Å². The lowest BCUT2D eigenvalue weighted by Crippen LogP contribution is -2.41. The van der Waals surface area contributed by atoms with E-state index in [2.05, 4.69) is 15.4 Å². The Morgan fingerprint density at radius 3 is 3.05 bits per heavy atom. The Hall–Kier alpha value is -2.08. The molecule has 1 aromatic carbocycles. The number of rotatable bonds is 1. The fourth-order valence-corrected chi connectivity index (χ4v) is 2.43. The molecule has 1 aromatic heterocycles. The Balaban J connectivity index is 1.71. The molecule has 1 aliphatic rings. The Labute approximate surface area is 121 Å². The molecule has 104 valence electrons. The monoisotopic (exact) mass is 291 g/mol. The quantitative estimate of drug-likeness (QED) is 0.877. The number of aromatic nitrogens is 3. The maximum Gasteiger partial charge on any atom is 0.322 e. The zero-order valence-electron chi connectivity index (χ0n) is 11.0. The van der Waals surface area contributed by atoms with Crippen molar-refractivity contribution in [1.29, 1.82) is 0 Å². The number of urea groups is 1. The van der Waals surface area contributed by atoms with Crippen LogP contribution < -0.4 is 5.32 Å². The van der Waals surface area contributed by atoms with E-state index < -0.39 is 0 Å². The van der Waals surface area contributed by atoms with Crippen molar-refractivity contribution >= 4 is 23.3 Å². The third-order valence-electron chi connectivity index (χ3n) is 3.26. The van der Waals surface area contributed by atoms with Gasteiger partial charge in [0.05, 0.1) is 23.8 Å². The molecule has 3 rings (SSSR count). The number of fused-ring (bicyclic) bond motifs is 1. The van der Waals surface area contributed by atoms with Crippen LogP contribution in [0, 0.1) is 6.92 Å². The van der Waals surface area contributed by atoms with E-state index >= 15 is 0 Å². The number of aryl methyl sites for hydroxylation is 1. The molecule has 0 saturated carbocycles. The van der Waals surface area contributed by atoms with Gasteiger partial charge in [-0.3, -0.25) is 0 Å². The Kier molecular flexibility index (Phi) is 3.31. The van der Waals surface area contributed by atoms with Crippen LogP contribution in [-0.2, 0) is 13.1 Å². The fraction of sp³-hybridized carbons (Fsp3) is 0.308. The zero-order chi connectivity index (χ0) is 14.1. The lowest BCUT2D eigenvalue weighted by Gasteiger charge is -2.27. The number of halogens is 1. The van der Waals surface area contributed by atoms with Crippen molar-refractivity contribution < 1.29 is 4.79 Å². The van der Waals surface area contributed by atoms with Gasteiger partial charge in [0.15, 0.2) is 0 Å². The van der Waals surface area contributed by atoms with Gasteiger partial charge in [0, 0.05) is 6.54 Å². The first kappa shape index (κ1) is 12.9. The normalized spacial score (nSPS) is 14.0. The second-order valence-electron chi connectivity index (χ2n) is 4.73. The molecule has 6 nitrogen and oxygen atoms in total. The molecule has 2 aromatic rings. The second-order valence-corrected chi connectivity index (χ2v) is 5.14. The van der Waals surface area contributed by atoms with E-state index in [0.717, 1.165) is 11.4 Å². The van der Waals surface area contributed by atoms with Gasteiger partial charge in [-0.25, -0.2) is 14.5 Å². The molecule has 0 fully saturated rings. The summed E-state index contributed by atoms with van der Waals surface area (Å²) in [7, 11) is 0. The Morgan fingerprint density at radius 1 is 1.40 bits per heavy atom. The predicted molar refractivity (Wildman–Crippen MR) is 75.6 cm³/mol. The molecule has 0 unspecified atom stereocenters. The topological polar surface area (TPSA) is 63.1 Å². The van der Waals surface area contributed by atoms with Crippen molar-refractivity contribution in [2.75, 3.05) is 11.9 Å². The summed E-state index contributed by atoms with van der Waals surface area (Å²) in [5.74, 6) is 0.793. The molecule has 1 aliphatic heterocycles. The number of amides is 2. The van der Waals surface area contributed by atoms with Gasteiger partial charge in [-0.15, -0.1) is 0 Å². The van der Waals surface area contributed by atoms with Gasteiger partial charge in [-0.05, 0) is 24.6 Å². The lowest BCUT2D eigenvalue weighted by molar-refractivity contribution is 0.193. The summed E-state index contributed by atoms with van der Waals surface area (Å²) in [5.41, 5.74) is 1.67. The van der Waals surface area contributed by atoms with Gasteiger partial charge >= 0.3 is 6.03 Å². The largest absolute Gasteiger partial charge is 0.322 e. The van der Waals surface area contributed by atoms with Crippen molar-refractivity contribution in [3.05, 3.63) is 40.9 Å². The molecule has 1 N–H and O–H groups in total. The number of benzene rings is 1. The molecule has 7 heteroatoms. The minimum absolute atomic E-state index is 0.176.